The molecule has 0 aromatic heterocycles. The minimum atomic E-state index is 0.418. The maximum absolute atomic E-state index is 9.89. The van der Waals surface area contributed by atoms with Gasteiger partial charge in [-0.2, -0.15) is 0 Å². The molecule has 3 heteroatoms. The summed E-state index contributed by atoms with van der Waals surface area (Å²) in [5.41, 5.74) is 2.64. The first kappa shape index (κ1) is 13.2. The van der Waals surface area contributed by atoms with E-state index < -0.39 is 0 Å². The topological polar surface area (TPSA) is 35.5 Å². The molecule has 3 saturated heterocycles. The first-order valence-corrected chi connectivity index (χ1v) is 9.08. The molecule has 0 amide bonds. The Kier molecular flexibility index (Phi) is 2.79. The second-order valence-corrected chi connectivity index (χ2v) is 7.99. The third-order valence-corrected chi connectivity index (χ3v) is 6.98. The molecule has 5 aliphatic rings. The van der Waals surface area contributed by atoms with Gasteiger partial charge in [0.15, 0.2) is 0 Å². The Morgan fingerprint density at radius 2 is 2.23 bits per heavy atom. The SMILES string of the molecule is CCC1CC2CC3C4Nc5ccc(O)cc5C4CCN(C2)C13. The van der Waals surface area contributed by atoms with E-state index in [0.29, 0.717) is 17.7 Å². The summed E-state index contributed by atoms with van der Waals surface area (Å²) in [6.45, 7) is 4.96. The van der Waals surface area contributed by atoms with Crippen LogP contribution in [0.1, 0.15) is 44.1 Å². The molecule has 7 unspecified atom stereocenters. The second-order valence-electron chi connectivity index (χ2n) is 7.99. The van der Waals surface area contributed by atoms with E-state index >= 15 is 0 Å². The molecule has 6 rings (SSSR count). The highest BCUT2D eigenvalue weighted by Crippen LogP contribution is 2.53. The van der Waals surface area contributed by atoms with Crippen LogP contribution in [-0.4, -0.2) is 35.2 Å². The predicted octanol–water partition coefficient (Wildman–Crippen LogP) is 3.41. The van der Waals surface area contributed by atoms with E-state index in [9.17, 15) is 5.11 Å². The monoisotopic (exact) mass is 298 g/mol. The predicted molar refractivity (Wildman–Crippen MR) is 88.2 cm³/mol. The van der Waals surface area contributed by atoms with Crippen molar-refractivity contribution in [1.29, 1.82) is 0 Å². The number of anilines is 1. The van der Waals surface area contributed by atoms with Crippen molar-refractivity contribution >= 4 is 5.69 Å². The minimum Gasteiger partial charge on any atom is -0.508 e. The molecule has 1 saturated carbocycles. The van der Waals surface area contributed by atoms with Gasteiger partial charge in [0.1, 0.15) is 5.75 Å². The summed E-state index contributed by atoms with van der Waals surface area (Å²) in [6, 6.07) is 7.29. The smallest absolute Gasteiger partial charge is 0.116 e. The molecule has 0 spiro atoms. The van der Waals surface area contributed by atoms with Gasteiger partial charge in [-0.3, -0.25) is 4.90 Å². The fourth-order valence-corrected chi connectivity index (χ4v) is 6.22. The number of phenols is 1. The number of fused-ring (bicyclic) bond motifs is 4. The Labute approximate surface area is 132 Å². The Morgan fingerprint density at radius 3 is 3.09 bits per heavy atom. The zero-order valence-corrected chi connectivity index (χ0v) is 13.3. The van der Waals surface area contributed by atoms with Crippen LogP contribution >= 0.6 is 0 Å². The number of nitrogens with one attached hydrogen (secondary N) is 1. The van der Waals surface area contributed by atoms with Gasteiger partial charge in [0.2, 0.25) is 0 Å². The third kappa shape index (κ3) is 1.72. The summed E-state index contributed by atoms with van der Waals surface area (Å²) in [6.07, 6.45) is 5.44. The highest BCUT2D eigenvalue weighted by Gasteiger charge is 2.53. The van der Waals surface area contributed by atoms with Crippen LogP contribution in [0.4, 0.5) is 5.69 Å². The van der Waals surface area contributed by atoms with E-state index in [1.165, 1.54) is 50.0 Å². The summed E-state index contributed by atoms with van der Waals surface area (Å²) in [7, 11) is 0. The van der Waals surface area contributed by atoms with Crippen LogP contribution in [0.2, 0.25) is 0 Å². The Morgan fingerprint density at radius 1 is 1.32 bits per heavy atom. The Hall–Kier alpha value is -1.22. The van der Waals surface area contributed by atoms with Gasteiger partial charge in [-0.05, 0) is 67.3 Å². The van der Waals surface area contributed by atoms with E-state index in [-0.39, 0.29) is 0 Å². The molecule has 4 fully saturated rings. The van der Waals surface area contributed by atoms with Crippen LogP contribution < -0.4 is 5.32 Å². The molecule has 2 N–H and O–H groups in total. The number of piperidine rings is 2. The zero-order valence-electron chi connectivity index (χ0n) is 13.3. The molecular formula is C19H26N2O. The van der Waals surface area contributed by atoms with Crippen molar-refractivity contribution in [3.8, 4) is 5.75 Å². The van der Waals surface area contributed by atoms with Crippen molar-refractivity contribution < 1.29 is 5.11 Å². The maximum atomic E-state index is 9.89. The fraction of sp³-hybridized carbons (Fsp3) is 0.684. The van der Waals surface area contributed by atoms with Crippen LogP contribution in [0.3, 0.4) is 0 Å². The molecule has 0 radical (unpaired) electrons. The van der Waals surface area contributed by atoms with Crippen molar-refractivity contribution in [1.82, 2.24) is 4.90 Å². The fourth-order valence-electron chi connectivity index (χ4n) is 6.22. The number of phenolic OH excluding ortho intramolecular Hbond substituents is 1. The lowest BCUT2D eigenvalue weighted by atomic mass is 9.63. The Bertz CT molecular complexity index is 601. The molecule has 118 valence electrons. The van der Waals surface area contributed by atoms with Crippen molar-refractivity contribution in [3.63, 3.8) is 0 Å². The van der Waals surface area contributed by atoms with Crippen molar-refractivity contribution in [3.05, 3.63) is 23.8 Å². The number of nitrogens with zero attached hydrogens (tertiary/aromatic N) is 1. The quantitative estimate of drug-likeness (QED) is 0.780. The lowest BCUT2D eigenvalue weighted by molar-refractivity contribution is -0.0383. The van der Waals surface area contributed by atoms with Gasteiger partial charge in [0.25, 0.3) is 0 Å². The highest BCUT2D eigenvalue weighted by atomic mass is 16.3. The first-order chi connectivity index (χ1) is 10.7. The molecule has 7 atom stereocenters. The van der Waals surface area contributed by atoms with E-state index in [0.717, 1.165) is 23.8 Å². The van der Waals surface area contributed by atoms with Crippen molar-refractivity contribution in [2.24, 2.45) is 17.8 Å². The lowest BCUT2D eigenvalue weighted by Gasteiger charge is -2.54. The molecule has 4 heterocycles. The van der Waals surface area contributed by atoms with Gasteiger partial charge in [0.05, 0.1) is 0 Å². The van der Waals surface area contributed by atoms with Crippen LogP contribution in [0.15, 0.2) is 18.2 Å². The van der Waals surface area contributed by atoms with Crippen LogP contribution in [0.25, 0.3) is 0 Å². The van der Waals surface area contributed by atoms with E-state index in [4.69, 9.17) is 0 Å². The zero-order chi connectivity index (χ0) is 14.8. The van der Waals surface area contributed by atoms with E-state index in [2.05, 4.69) is 23.2 Å². The van der Waals surface area contributed by atoms with Gasteiger partial charge < -0.3 is 10.4 Å². The summed E-state index contributed by atoms with van der Waals surface area (Å²) in [4.78, 5) is 2.82. The maximum Gasteiger partial charge on any atom is 0.116 e. The van der Waals surface area contributed by atoms with Crippen molar-refractivity contribution in [2.45, 2.75) is 50.6 Å². The van der Waals surface area contributed by atoms with Gasteiger partial charge in [-0.25, -0.2) is 0 Å². The van der Waals surface area contributed by atoms with E-state index in [1.54, 1.807) is 0 Å². The second kappa shape index (κ2) is 4.64. The molecular weight excluding hydrogens is 272 g/mol. The number of hydrogen-bond donors (Lipinski definition) is 2. The minimum absolute atomic E-state index is 0.418. The average Bonchev–Trinajstić information content (AvgIpc) is 2.85. The molecule has 1 aromatic rings. The first-order valence-electron chi connectivity index (χ1n) is 9.08. The number of aromatic hydroxyl groups is 1. The molecule has 1 aromatic carbocycles. The molecule has 3 nitrogen and oxygen atoms in total. The van der Waals surface area contributed by atoms with Gasteiger partial charge >= 0.3 is 0 Å². The number of benzene rings is 1. The largest absolute Gasteiger partial charge is 0.508 e. The van der Waals surface area contributed by atoms with Gasteiger partial charge in [-0.15, -0.1) is 0 Å². The summed E-state index contributed by atoms with van der Waals surface area (Å²) in [5.74, 6) is 3.61. The molecule has 4 aliphatic heterocycles. The molecule has 4 bridgehead atoms. The summed E-state index contributed by atoms with van der Waals surface area (Å²) in [5, 5.41) is 13.7. The van der Waals surface area contributed by atoms with E-state index in [1.807, 2.05) is 12.1 Å². The van der Waals surface area contributed by atoms with Crippen LogP contribution in [0, 0.1) is 17.8 Å². The molecule has 22 heavy (non-hydrogen) atoms. The Balaban J connectivity index is 1.55. The number of hydrogen-bond acceptors (Lipinski definition) is 3. The highest BCUT2D eigenvalue weighted by molar-refractivity contribution is 5.62. The third-order valence-electron chi connectivity index (χ3n) is 6.98. The van der Waals surface area contributed by atoms with Crippen LogP contribution in [-0.2, 0) is 0 Å². The number of rotatable bonds is 1. The van der Waals surface area contributed by atoms with Gasteiger partial charge in [-0.1, -0.05) is 13.3 Å². The summed E-state index contributed by atoms with van der Waals surface area (Å²) >= 11 is 0. The summed E-state index contributed by atoms with van der Waals surface area (Å²) < 4.78 is 0. The lowest BCUT2D eigenvalue weighted by Crippen LogP contribution is -2.59. The molecule has 1 aliphatic carbocycles. The standard InChI is InChI=1S/C19H26N2O/c1-2-12-7-11-8-16-18-14(5-6-21(10-11)19(12)16)15-9-13(22)3-4-17(15)20-18/h3-4,9,11-12,14,16,18-20,22H,2,5-8,10H2,1H3. The van der Waals surface area contributed by atoms with Gasteiger partial charge in [0, 0.05) is 30.2 Å². The average molecular weight is 298 g/mol. The normalized spacial score (nSPS) is 44.9. The van der Waals surface area contributed by atoms with Crippen molar-refractivity contribution in [2.75, 3.05) is 18.4 Å². The van der Waals surface area contributed by atoms with Crippen LogP contribution in [0.5, 0.6) is 5.75 Å².